The van der Waals surface area contributed by atoms with Gasteiger partial charge in [0.1, 0.15) is 15.9 Å². The Bertz CT molecular complexity index is 1310. The summed E-state index contributed by atoms with van der Waals surface area (Å²) in [6.07, 6.45) is 9.64. The number of carboxylic acid groups (broad SMARTS) is 1. The number of carbonyl (C=O) groups is 2. The van der Waals surface area contributed by atoms with Gasteiger partial charge in [0.05, 0.1) is 12.4 Å². The van der Waals surface area contributed by atoms with E-state index in [-0.39, 0.29) is 12.2 Å². The lowest BCUT2D eigenvalue weighted by Crippen LogP contribution is -2.42. The minimum Gasteiger partial charge on any atom is -0.480 e. The molecule has 2 aromatic rings. The number of nitrogens with one attached hydrogen (secondary N) is 1. The summed E-state index contributed by atoms with van der Waals surface area (Å²) in [5.41, 5.74) is 4.07. The summed E-state index contributed by atoms with van der Waals surface area (Å²) in [5, 5.41) is 12.2. The summed E-state index contributed by atoms with van der Waals surface area (Å²) in [5.74, 6) is -1.43. The zero-order chi connectivity index (χ0) is 29.4. The van der Waals surface area contributed by atoms with E-state index in [4.69, 9.17) is 4.74 Å². The van der Waals surface area contributed by atoms with Gasteiger partial charge in [-0.2, -0.15) is 0 Å². The molecule has 224 valence electrons. The van der Waals surface area contributed by atoms with Crippen molar-refractivity contribution in [2.45, 2.75) is 76.9 Å². The van der Waals surface area contributed by atoms with Gasteiger partial charge in [0.25, 0.3) is 5.91 Å². The van der Waals surface area contributed by atoms with Crippen molar-refractivity contribution in [3.05, 3.63) is 59.2 Å². The smallest absolute Gasteiger partial charge is 0.326 e. The Hall–Kier alpha value is -2.75. The van der Waals surface area contributed by atoms with Crippen LogP contribution in [0.3, 0.4) is 0 Å². The van der Waals surface area contributed by atoms with Gasteiger partial charge in [0, 0.05) is 31.0 Å². The molecular weight excluding hydrogens is 540 g/mol. The van der Waals surface area contributed by atoms with Crippen LogP contribution >= 0.6 is 0 Å². The van der Waals surface area contributed by atoms with Gasteiger partial charge in [-0.25, -0.2) is 13.2 Å². The minimum absolute atomic E-state index is 0.198. The van der Waals surface area contributed by atoms with Gasteiger partial charge in [0.15, 0.2) is 0 Å². The summed E-state index contributed by atoms with van der Waals surface area (Å²) in [7, 11) is -3.37. The number of benzene rings is 2. The Morgan fingerprint density at radius 2 is 1.78 bits per heavy atom. The number of aryl methyl sites for hydroxylation is 1. The first-order chi connectivity index (χ1) is 19.6. The van der Waals surface area contributed by atoms with Gasteiger partial charge in [-0.3, -0.25) is 9.69 Å². The topological polar surface area (TPSA) is 113 Å². The molecule has 2 fully saturated rings. The summed E-state index contributed by atoms with van der Waals surface area (Å²) >= 11 is 0. The molecule has 2 aromatic carbocycles. The molecule has 9 heteroatoms. The van der Waals surface area contributed by atoms with Gasteiger partial charge in [-0.05, 0) is 85.9 Å². The molecular formula is C32H44N2O6S. The number of carboxylic acids is 1. The normalized spacial score (nSPS) is 19.2. The van der Waals surface area contributed by atoms with Crippen LogP contribution in [0.25, 0.3) is 11.1 Å². The molecule has 0 bridgehead atoms. The fraction of sp³-hybridized carbons (Fsp3) is 0.562. The molecule has 1 heterocycles. The number of rotatable bonds is 13. The van der Waals surface area contributed by atoms with Gasteiger partial charge in [0.2, 0.25) is 0 Å². The number of sulfone groups is 1. The highest BCUT2D eigenvalue weighted by atomic mass is 32.2. The van der Waals surface area contributed by atoms with Crippen LogP contribution < -0.4 is 5.32 Å². The summed E-state index contributed by atoms with van der Waals surface area (Å²) in [6.45, 7) is 5.32. The highest BCUT2D eigenvalue weighted by Gasteiger charge is 2.27. The first kappa shape index (κ1) is 31.2. The van der Waals surface area contributed by atoms with Crippen LogP contribution in [0.5, 0.6) is 0 Å². The van der Waals surface area contributed by atoms with E-state index < -0.39 is 27.8 Å². The number of amides is 1. The number of hydrogen-bond donors (Lipinski definition) is 2. The first-order valence-corrected chi connectivity index (χ1v) is 16.9. The predicted molar refractivity (Wildman–Crippen MR) is 161 cm³/mol. The van der Waals surface area contributed by atoms with E-state index in [0.717, 1.165) is 67.7 Å². The Labute approximate surface area is 244 Å². The third kappa shape index (κ3) is 9.12. The highest BCUT2D eigenvalue weighted by Crippen LogP contribution is 2.30. The molecule has 1 aliphatic carbocycles. The predicted octanol–water partition coefficient (Wildman–Crippen LogP) is 4.84. The van der Waals surface area contributed by atoms with Gasteiger partial charge in [-0.1, -0.05) is 49.6 Å². The Balaban J connectivity index is 1.50. The summed E-state index contributed by atoms with van der Waals surface area (Å²) in [6, 6.07) is 12.6. The number of likely N-dealkylation sites (tertiary alicyclic amines) is 1. The molecule has 4 rings (SSSR count). The number of ether oxygens (including phenoxy) is 1. The number of nitrogens with zero attached hydrogens (tertiary/aromatic N) is 1. The Morgan fingerprint density at radius 3 is 2.49 bits per heavy atom. The molecule has 8 nitrogen and oxygen atoms in total. The van der Waals surface area contributed by atoms with Crippen molar-refractivity contribution in [3.63, 3.8) is 0 Å². The van der Waals surface area contributed by atoms with E-state index in [0.29, 0.717) is 17.5 Å². The average Bonchev–Trinajstić information content (AvgIpc) is 3.37. The average molecular weight is 585 g/mol. The van der Waals surface area contributed by atoms with Gasteiger partial charge < -0.3 is 15.2 Å². The summed E-state index contributed by atoms with van der Waals surface area (Å²) in [4.78, 5) is 27.7. The van der Waals surface area contributed by atoms with Crippen molar-refractivity contribution in [2.24, 2.45) is 5.92 Å². The fourth-order valence-corrected chi connectivity index (χ4v) is 6.73. The molecule has 2 aliphatic rings. The van der Waals surface area contributed by atoms with Gasteiger partial charge >= 0.3 is 5.97 Å². The lowest BCUT2D eigenvalue weighted by atomic mass is 9.90. The maximum atomic E-state index is 13.4. The second kappa shape index (κ2) is 14.4. The van der Waals surface area contributed by atoms with Gasteiger partial charge in [-0.15, -0.1) is 0 Å². The lowest BCUT2D eigenvalue weighted by Gasteiger charge is -2.27. The van der Waals surface area contributed by atoms with E-state index >= 15 is 0 Å². The van der Waals surface area contributed by atoms with Crippen molar-refractivity contribution in [3.8, 4) is 11.1 Å². The van der Waals surface area contributed by atoms with E-state index in [2.05, 4.69) is 10.2 Å². The van der Waals surface area contributed by atoms with Crippen LogP contribution in [0.2, 0.25) is 0 Å². The van der Waals surface area contributed by atoms with Crippen LogP contribution in [0, 0.1) is 12.8 Å². The molecule has 1 saturated heterocycles. The Kier molecular flexibility index (Phi) is 11.0. The lowest BCUT2D eigenvalue weighted by molar-refractivity contribution is -0.139. The van der Waals surface area contributed by atoms with E-state index in [1.54, 1.807) is 6.07 Å². The van der Waals surface area contributed by atoms with Crippen LogP contribution in [-0.2, 0) is 25.9 Å². The van der Waals surface area contributed by atoms with E-state index in [1.807, 2.05) is 43.3 Å². The second-order valence-electron chi connectivity index (χ2n) is 11.8. The maximum Gasteiger partial charge on any atom is 0.326 e. The molecule has 41 heavy (non-hydrogen) atoms. The molecule has 1 aliphatic heterocycles. The zero-order valence-electron chi connectivity index (χ0n) is 24.3. The number of aliphatic carboxylic acids is 1. The molecule has 0 spiro atoms. The quantitative estimate of drug-likeness (QED) is 0.346. The second-order valence-corrected chi connectivity index (χ2v) is 14.0. The molecule has 0 radical (unpaired) electrons. The number of hydrogen-bond acceptors (Lipinski definition) is 6. The van der Waals surface area contributed by atoms with Crippen molar-refractivity contribution in [1.29, 1.82) is 0 Å². The van der Waals surface area contributed by atoms with Crippen LogP contribution in [0.4, 0.5) is 0 Å². The van der Waals surface area contributed by atoms with E-state index in [9.17, 15) is 23.1 Å². The van der Waals surface area contributed by atoms with Crippen molar-refractivity contribution >= 4 is 21.7 Å². The third-order valence-corrected chi connectivity index (χ3v) is 9.40. The minimum atomic E-state index is -3.37. The van der Waals surface area contributed by atoms with E-state index in [1.165, 1.54) is 32.1 Å². The molecule has 2 N–H and O–H groups in total. The molecule has 1 amide bonds. The van der Waals surface area contributed by atoms with Crippen molar-refractivity contribution in [2.75, 3.05) is 31.8 Å². The SMILES string of the molecule is Cc1ccccc1-c1cc(CN2CCC[C@H]2COCC2CCCCC2)ccc1C(=O)NC(CCS(C)(=O)=O)C(=O)O. The largest absolute Gasteiger partial charge is 0.480 e. The van der Waals surface area contributed by atoms with Crippen LogP contribution in [-0.4, -0.2) is 74.2 Å². The van der Waals surface area contributed by atoms with Crippen molar-refractivity contribution < 1.29 is 27.9 Å². The molecule has 2 atom stereocenters. The summed E-state index contributed by atoms with van der Waals surface area (Å²) < 4.78 is 29.4. The monoisotopic (exact) mass is 584 g/mol. The van der Waals surface area contributed by atoms with Crippen LogP contribution in [0.15, 0.2) is 42.5 Å². The fourth-order valence-electron chi connectivity index (χ4n) is 6.06. The molecule has 0 aromatic heterocycles. The first-order valence-electron chi connectivity index (χ1n) is 14.8. The molecule has 1 saturated carbocycles. The zero-order valence-corrected chi connectivity index (χ0v) is 25.1. The Morgan fingerprint density at radius 1 is 1.02 bits per heavy atom. The molecule has 1 unspecified atom stereocenters. The van der Waals surface area contributed by atoms with Crippen LogP contribution in [0.1, 0.15) is 72.9 Å². The maximum absolute atomic E-state index is 13.4. The highest BCUT2D eigenvalue weighted by molar-refractivity contribution is 7.90. The van der Waals surface area contributed by atoms with Crippen molar-refractivity contribution in [1.82, 2.24) is 10.2 Å². The standard InChI is InChI=1S/C32H44N2O6S/c1-23-9-6-7-13-27(23)29-19-25(14-15-28(29)31(35)33-30(32(36)37)16-18-41(2,38)39)20-34-17-8-12-26(34)22-40-21-24-10-4-3-5-11-24/h6-7,9,13-15,19,24,26,30H,3-5,8,10-12,16-18,20-22H2,1-2H3,(H,33,35)(H,36,37)/t26-,30?/m0/s1. The third-order valence-electron chi connectivity index (χ3n) is 8.42. The number of carbonyl (C=O) groups excluding carboxylic acids is 1.